The van der Waals surface area contributed by atoms with Crippen LogP contribution in [-0.4, -0.2) is 40.1 Å². The molecule has 34 heavy (non-hydrogen) atoms. The topological polar surface area (TPSA) is 56.6 Å². The molecule has 1 aromatic carbocycles. The van der Waals surface area contributed by atoms with Crippen LogP contribution in [0.2, 0.25) is 0 Å². The van der Waals surface area contributed by atoms with E-state index in [1.807, 2.05) is 20.0 Å². The van der Waals surface area contributed by atoms with Gasteiger partial charge in [0.05, 0.1) is 23.8 Å². The number of carbonyl (C=O) groups excluding carboxylic acids is 1. The number of nitriles is 1. The van der Waals surface area contributed by atoms with Gasteiger partial charge in [0, 0.05) is 18.1 Å². The van der Waals surface area contributed by atoms with Crippen LogP contribution in [0.25, 0.3) is 0 Å². The molecule has 1 heterocycles. The molecule has 1 saturated heterocycles. The van der Waals surface area contributed by atoms with Crippen LogP contribution >= 0.6 is 0 Å². The minimum Gasteiger partial charge on any atom is -0.447 e. The van der Waals surface area contributed by atoms with E-state index in [0.29, 0.717) is 37.8 Å². The zero-order valence-corrected chi connectivity index (χ0v) is 19.5. The van der Waals surface area contributed by atoms with Gasteiger partial charge in [0.1, 0.15) is 0 Å². The number of piperidine rings is 1. The summed E-state index contributed by atoms with van der Waals surface area (Å²) in [6.07, 6.45) is -6.97. The van der Waals surface area contributed by atoms with Crippen molar-refractivity contribution in [2.75, 3.05) is 0 Å². The van der Waals surface area contributed by atoms with Gasteiger partial charge in [0.25, 0.3) is 0 Å². The first-order chi connectivity index (χ1) is 15.7. The first-order valence-corrected chi connectivity index (χ1v) is 11.1. The van der Waals surface area contributed by atoms with E-state index >= 15 is 0 Å². The highest BCUT2D eigenvalue weighted by molar-refractivity contribution is 5.69. The minimum atomic E-state index is -4.96. The molecule has 0 radical (unpaired) electrons. The number of amides is 1. The van der Waals surface area contributed by atoms with Gasteiger partial charge in [-0.15, -0.1) is 0 Å². The largest absolute Gasteiger partial charge is 0.447 e. The fraction of sp³-hybridized carbons (Fsp3) is 0.652. The number of rotatable bonds is 6. The van der Waals surface area contributed by atoms with Gasteiger partial charge in [-0.1, -0.05) is 13.8 Å². The Bertz CT molecular complexity index is 848. The zero-order chi connectivity index (χ0) is 25.8. The van der Waals surface area contributed by atoms with E-state index in [1.54, 1.807) is 18.7 Å². The van der Waals surface area contributed by atoms with Gasteiger partial charge in [-0.25, -0.2) is 4.79 Å². The number of hydrogen-bond acceptors (Lipinski definition) is 4. The SMILES string of the molecule is CCC1CC(N(C#N)Cc2cc(C(F)(F)F)cc(C(F)(F)F)c2)CC(CC)N1C(=O)OC(C)C. The summed E-state index contributed by atoms with van der Waals surface area (Å²) in [6.45, 7) is 6.79. The van der Waals surface area contributed by atoms with Gasteiger partial charge < -0.3 is 14.5 Å². The second-order valence-corrected chi connectivity index (χ2v) is 8.73. The van der Waals surface area contributed by atoms with Gasteiger partial charge in [0.15, 0.2) is 6.19 Å². The number of hydrogen-bond donors (Lipinski definition) is 0. The van der Waals surface area contributed by atoms with Crippen LogP contribution in [-0.2, 0) is 23.6 Å². The van der Waals surface area contributed by atoms with E-state index in [1.165, 1.54) is 4.90 Å². The summed E-state index contributed by atoms with van der Waals surface area (Å²) in [6, 6.07) is 0.342. The lowest BCUT2D eigenvalue weighted by molar-refractivity contribution is -0.143. The molecule has 0 aliphatic carbocycles. The first kappa shape index (κ1) is 27.6. The van der Waals surface area contributed by atoms with Crippen molar-refractivity contribution < 1.29 is 35.9 Å². The molecule has 1 aromatic rings. The van der Waals surface area contributed by atoms with Crippen molar-refractivity contribution >= 4 is 6.09 Å². The summed E-state index contributed by atoms with van der Waals surface area (Å²) in [5, 5.41) is 9.74. The summed E-state index contributed by atoms with van der Waals surface area (Å²) < 4.78 is 84.7. The third-order valence-electron chi connectivity index (χ3n) is 5.93. The fourth-order valence-electron chi connectivity index (χ4n) is 4.34. The van der Waals surface area contributed by atoms with Crippen molar-refractivity contribution in [3.05, 3.63) is 34.9 Å². The molecule has 1 fully saturated rings. The average molecular weight is 493 g/mol. The van der Waals surface area contributed by atoms with Crippen LogP contribution in [0.5, 0.6) is 0 Å². The Labute approximate surface area is 195 Å². The third kappa shape index (κ3) is 6.70. The maximum absolute atomic E-state index is 13.2. The van der Waals surface area contributed by atoms with Gasteiger partial charge in [0.2, 0.25) is 0 Å². The highest BCUT2D eigenvalue weighted by Gasteiger charge is 2.41. The molecule has 1 aliphatic rings. The fourth-order valence-corrected chi connectivity index (χ4v) is 4.34. The lowest BCUT2D eigenvalue weighted by Gasteiger charge is -2.46. The molecule has 11 heteroatoms. The van der Waals surface area contributed by atoms with Gasteiger partial charge in [-0.05, 0) is 63.3 Å². The summed E-state index contributed by atoms with van der Waals surface area (Å²) in [7, 11) is 0. The molecule has 0 saturated carbocycles. The van der Waals surface area contributed by atoms with Gasteiger partial charge in [-0.3, -0.25) is 0 Å². The van der Waals surface area contributed by atoms with Crippen molar-refractivity contribution in [1.82, 2.24) is 9.80 Å². The molecule has 2 rings (SSSR count). The van der Waals surface area contributed by atoms with Crippen molar-refractivity contribution in [2.24, 2.45) is 0 Å². The molecule has 1 aliphatic heterocycles. The maximum Gasteiger partial charge on any atom is 0.416 e. The normalized spacial score (nSPS) is 21.4. The molecule has 2 atom stereocenters. The standard InChI is InChI=1S/C23H29F6N3O2/c1-5-18-10-20(11-19(6-2)32(18)21(33)34-14(3)4)31(13-30)12-15-7-16(22(24,25)26)9-17(8-15)23(27,28)29/h7-9,14,18-20H,5-6,10-12H2,1-4H3. The Balaban J connectivity index is 2.34. The first-order valence-electron chi connectivity index (χ1n) is 11.1. The number of carbonyl (C=O) groups is 1. The van der Waals surface area contributed by atoms with Crippen LogP contribution < -0.4 is 0 Å². The van der Waals surface area contributed by atoms with Crippen molar-refractivity contribution in [1.29, 1.82) is 5.26 Å². The Kier molecular flexibility index (Phi) is 8.72. The molecule has 2 unspecified atom stereocenters. The summed E-state index contributed by atoms with van der Waals surface area (Å²) in [4.78, 5) is 15.5. The molecule has 0 N–H and O–H groups in total. The summed E-state index contributed by atoms with van der Waals surface area (Å²) in [5.41, 5.74) is -3.09. The summed E-state index contributed by atoms with van der Waals surface area (Å²) in [5.74, 6) is 0. The Morgan fingerprint density at radius 1 is 1.06 bits per heavy atom. The number of nitrogens with zero attached hydrogens (tertiary/aromatic N) is 3. The van der Waals surface area contributed by atoms with Crippen LogP contribution in [0.1, 0.15) is 70.1 Å². The van der Waals surface area contributed by atoms with Gasteiger partial charge >= 0.3 is 18.4 Å². The number of halogens is 6. The van der Waals surface area contributed by atoms with Crippen LogP contribution in [0, 0.1) is 11.5 Å². The predicted molar refractivity (Wildman–Crippen MR) is 112 cm³/mol. The number of ether oxygens (including phenoxy) is 1. The quantitative estimate of drug-likeness (QED) is 0.255. The molecule has 1 amide bonds. The van der Waals surface area contributed by atoms with E-state index in [2.05, 4.69) is 0 Å². The average Bonchev–Trinajstić information content (AvgIpc) is 2.74. The van der Waals surface area contributed by atoms with E-state index in [0.717, 1.165) is 0 Å². The Morgan fingerprint density at radius 3 is 1.88 bits per heavy atom. The second-order valence-electron chi connectivity index (χ2n) is 8.73. The monoisotopic (exact) mass is 493 g/mol. The van der Waals surface area contributed by atoms with Crippen molar-refractivity contribution in [3.63, 3.8) is 0 Å². The molecule has 0 bridgehead atoms. The highest BCUT2D eigenvalue weighted by atomic mass is 19.4. The Hall–Kier alpha value is -2.64. The third-order valence-corrected chi connectivity index (χ3v) is 5.93. The minimum absolute atomic E-state index is 0.0687. The van der Waals surface area contributed by atoms with E-state index in [-0.39, 0.29) is 29.8 Å². The lowest BCUT2D eigenvalue weighted by Crippen LogP contribution is -2.56. The second kappa shape index (κ2) is 10.7. The highest BCUT2D eigenvalue weighted by Crippen LogP contribution is 2.37. The molecule has 0 aromatic heterocycles. The molecular formula is C23H29F6N3O2. The van der Waals surface area contributed by atoms with Crippen LogP contribution in [0.15, 0.2) is 18.2 Å². The van der Waals surface area contributed by atoms with E-state index < -0.39 is 42.2 Å². The molecule has 5 nitrogen and oxygen atoms in total. The maximum atomic E-state index is 13.2. The lowest BCUT2D eigenvalue weighted by atomic mass is 9.88. The van der Waals surface area contributed by atoms with E-state index in [4.69, 9.17) is 4.74 Å². The molecular weight excluding hydrogens is 464 g/mol. The predicted octanol–water partition coefficient (Wildman–Crippen LogP) is 6.57. The number of benzene rings is 1. The smallest absolute Gasteiger partial charge is 0.416 e. The Morgan fingerprint density at radius 2 is 1.53 bits per heavy atom. The van der Waals surface area contributed by atoms with Crippen LogP contribution in [0.3, 0.4) is 0 Å². The van der Waals surface area contributed by atoms with Crippen molar-refractivity contribution in [2.45, 2.75) is 96.5 Å². The van der Waals surface area contributed by atoms with Crippen molar-refractivity contribution in [3.8, 4) is 6.19 Å². The van der Waals surface area contributed by atoms with Gasteiger partial charge in [-0.2, -0.15) is 31.6 Å². The molecule has 190 valence electrons. The zero-order valence-electron chi connectivity index (χ0n) is 19.5. The van der Waals surface area contributed by atoms with Crippen LogP contribution in [0.4, 0.5) is 31.1 Å². The number of likely N-dealkylation sites (tertiary alicyclic amines) is 1. The molecule has 0 spiro atoms. The number of alkyl halides is 6. The van der Waals surface area contributed by atoms with E-state index in [9.17, 15) is 36.4 Å². The summed E-state index contributed by atoms with van der Waals surface area (Å²) >= 11 is 0.